The Kier molecular flexibility index (Phi) is 7.14. The van der Waals surface area contributed by atoms with Gasteiger partial charge in [-0.2, -0.15) is 0 Å². The van der Waals surface area contributed by atoms with Gasteiger partial charge in [0, 0.05) is 10.0 Å². The van der Waals surface area contributed by atoms with Crippen LogP contribution in [0.15, 0.2) is 42.5 Å². The molecule has 2 rings (SSSR count). The van der Waals surface area contributed by atoms with Gasteiger partial charge in [0.25, 0.3) is 0 Å². The average molecular weight is 429 g/mol. The highest BCUT2D eigenvalue weighted by atomic mass is 35.5. The van der Waals surface area contributed by atoms with Gasteiger partial charge in [-0.3, -0.25) is 9.10 Å². The molecule has 0 radical (unpaired) electrons. The number of hydrogen-bond donors (Lipinski definition) is 1. The van der Waals surface area contributed by atoms with Crippen molar-refractivity contribution in [2.45, 2.75) is 26.3 Å². The lowest BCUT2D eigenvalue weighted by Gasteiger charge is -2.24. The first-order valence-corrected chi connectivity index (χ1v) is 11.0. The van der Waals surface area contributed by atoms with Crippen LogP contribution in [0.3, 0.4) is 0 Å². The number of halogens is 2. The van der Waals surface area contributed by atoms with E-state index in [0.717, 1.165) is 21.7 Å². The van der Waals surface area contributed by atoms with Crippen LogP contribution in [-0.4, -0.2) is 27.1 Å². The molecule has 0 aliphatic heterocycles. The fourth-order valence-corrected chi connectivity index (χ4v) is 4.03. The second-order valence-electron chi connectivity index (χ2n) is 6.34. The minimum atomic E-state index is -3.70. The highest BCUT2D eigenvalue weighted by Gasteiger charge is 2.23. The maximum absolute atomic E-state index is 12.6. The Balaban J connectivity index is 2.21. The first kappa shape index (κ1) is 21.5. The van der Waals surface area contributed by atoms with Gasteiger partial charge in [0.05, 0.1) is 18.0 Å². The summed E-state index contributed by atoms with van der Waals surface area (Å²) in [5.74, 6) is -0.413. The van der Waals surface area contributed by atoms with E-state index in [9.17, 15) is 13.2 Å². The largest absolute Gasteiger partial charge is 0.348 e. The van der Waals surface area contributed by atoms with Crippen molar-refractivity contribution in [3.63, 3.8) is 0 Å². The van der Waals surface area contributed by atoms with E-state index in [-0.39, 0.29) is 28.3 Å². The van der Waals surface area contributed by atoms with E-state index < -0.39 is 15.9 Å². The van der Waals surface area contributed by atoms with Gasteiger partial charge in [-0.1, -0.05) is 60.0 Å². The Labute approximate surface area is 170 Å². The van der Waals surface area contributed by atoms with E-state index >= 15 is 0 Å². The molecule has 8 heteroatoms. The number of anilines is 1. The standard InChI is InChI=1S/C19H22Cl2N2O3S/c1-4-18(14-7-5-13(2)6-8-14)22-19(24)12-23(27(3,25)26)17-10-15(20)9-16(21)11-17/h5-11,18H,4,12H2,1-3H3,(H,22,24)/t18-/m1/s1. The molecule has 0 saturated heterocycles. The lowest BCUT2D eigenvalue weighted by molar-refractivity contribution is -0.120. The number of nitrogens with one attached hydrogen (secondary N) is 1. The highest BCUT2D eigenvalue weighted by molar-refractivity contribution is 7.92. The molecule has 0 aliphatic rings. The molecule has 2 aromatic rings. The molecule has 1 amide bonds. The van der Waals surface area contributed by atoms with Crippen LogP contribution in [0.25, 0.3) is 0 Å². The van der Waals surface area contributed by atoms with E-state index in [0.29, 0.717) is 6.42 Å². The zero-order valence-corrected chi connectivity index (χ0v) is 17.7. The summed E-state index contributed by atoms with van der Waals surface area (Å²) in [5.41, 5.74) is 2.34. The van der Waals surface area contributed by atoms with Gasteiger partial charge >= 0.3 is 0 Å². The number of nitrogens with zero attached hydrogens (tertiary/aromatic N) is 1. The number of sulfonamides is 1. The van der Waals surface area contributed by atoms with E-state index in [1.54, 1.807) is 0 Å². The van der Waals surface area contributed by atoms with Gasteiger partial charge in [-0.25, -0.2) is 8.42 Å². The summed E-state index contributed by atoms with van der Waals surface area (Å²) in [7, 11) is -3.70. The fraction of sp³-hybridized carbons (Fsp3) is 0.316. The summed E-state index contributed by atoms with van der Waals surface area (Å²) in [5, 5.41) is 3.47. The number of amides is 1. The van der Waals surface area contributed by atoms with Crippen LogP contribution >= 0.6 is 23.2 Å². The summed E-state index contributed by atoms with van der Waals surface area (Å²) in [6, 6.07) is 12.1. The van der Waals surface area contributed by atoms with E-state index in [2.05, 4.69) is 5.32 Å². The van der Waals surface area contributed by atoms with E-state index in [1.165, 1.54) is 18.2 Å². The van der Waals surface area contributed by atoms with Crippen LogP contribution in [0.2, 0.25) is 10.0 Å². The molecule has 5 nitrogen and oxygen atoms in total. The first-order chi connectivity index (χ1) is 12.6. The van der Waals surface area contributed by atoms with Gasteiger partial charge in [0.1, 0.15) is 6.54 Å². The minimum Gasteiger partial charge on any atom is -0.348 e. The van der Waals surface area contributed by atoms with Crippen molar-refractivity contribution in [3.05, 3.63) is 63.6 Å². The molecule has 0 bridgehead atoms. The molecule has 0 aromatic heterocycles. The van der Waals surface area contributed by atoms with Crippen LogP contribution in [0.1, 0.15) is 30.5 Å². The van der Waals surface area contributed by atoms with E-state index in [4.69, 9.17) is 23.2 Å². The van der Waals surface area contributed by atoms with Crippen molar-refractivity contribution in [3.8, 4) is 0 Å². The third-order valence-electron chi connectivity index (χ3n) is 4.05. The maximum atomic E-state index is 12.6. The van der Waals surface area contributed by atoms with Crippen molar-refractivity contribution in [1.82, 2.24) is 5.32 Å². The van der Waals surface area contributed by atoms with Gasteiger partial charge in [-0.05, 0) is 37.1 Å². The number of carbonyl (C=O) groups excluding carboxylic acids is 1. The summed E-state index contributed by atoms with van der Waals surface area (Å²) in [4.78, 5) is 12.6. The number of benzene rings is 2. The quantitative estimate of drug-likeness (QED) is 0.712. The molecular weight excluding hydrogens is 407 g/mol. The number of carbonyl (C=O) groups is 1. The monoisotopic (exact) mass is 428 g/mol. The summed E-state index contributed by atoms with van der Waals surface area (Å²) in [6.07, 6.45) is 1.71. The number of rotatable bonds is 7. The van der Waals surface area contributed by atoms with Gasteiger partial charge in [0.15, 0.2) is 0 Å². The van der Waals surface area contributed by atoms with Crippen LogP contribution in [-0.2, 0) is 14.8 Å². The molecule has 2 aromatic carbocycles. The van der Waals surface area contributed by atoms with Crippen molar-refractivity contribution in [2.75, 3.05) is 17.1 Å². The molecule has 0 heterocycles. The lowest BCUT2D eigenvalue weighted by atomic mass is 10.0. The van der Waals surface area contributed by atoms with Crippen molar-refractivity contribution < 1.29 is 13.2 Å². The van der Waals surface area contributed by atoms with Crippen LogP contribution in [0.4, 0.5) is 5.69 Å². The molecule has 146 valence electrons. The van der Waals surface area contributed by atoms with Crippen LogP contribution in [0.5, 0.6) is 0 Å². The Morgan fingerprint density at radius 3 is 2.15 bits per heavy atom. The molecule has 1 atom stereocenters. The third-order valence-corrected chi connectivity index (χ3v) is 5.62. The predicted octanol–water partition coefficient (Wildman–Crippen LogP) is 4.34. The molecular formula is C19H22Cl2N2O3S. The second kappa shape index (κ2) is 8.95. The van der Waals surface area contributed by atoms with Gasteiger partial charge in [0.2, 0.25) is 15.9 Å². The van der Waals surface area contributed by atoms with Gasteiger partial charge in [-0.15, -0.1) is 0 Å². The lowest BCUT2D eigenvalue weighted by Crippen LogP contribution is -2.41. The Hall–Kier alpha value is -1.76. The third kappa shape index (κ3) is 6.13. The number of aryl methyl sites for hydroxylation is 1. The first-order valence-electron chi connectivity index (χ1n) is 8.40. The minimum absolute atomic E-state index is 0.206. The van der Waals surface area contributed by atoms with Crippen LogP contribution in [0, 0.1) is 6.92 Å². The summed E-state index contributed by atoms with van der Waals surface area (Å²) in [6.45, 7) is 3.58. The number of hydrogen-bond acceptors (Lipinski definition) is 3. The second-order valence-corrected chi connectivity index (χ2v) is 9.12. The van der Waals surface area contributed by atoms with E-state index in [1.807, 2.05) is 38.1 Å². The van der Waals surface area contributed by atoms with Gasteiger partial charge < -0.3 is 5.32 Å². The predicted molar refractivity (Wildman–Crippen MR) is 111 cm³/mol. The smallest absolute Gasteiger partial charge is 0.241 e. The normalized spacial score (nSPS) is 12.5. The fourth-order valence-electron chi connectivity index (χ4n) is 2.67. The summed E-state index contributed by atoms with van der Waals surface area (Å²) < 4.78 is 25.4. The molecule has 1 N–H and O–H groups in total. The van der Waals surface area contributed by atoms with Crippen molar-refractivity contribution >= 4 is 44.8 Å². The Bertz CT molecular complexity index is 895. The SMILES string of the molecule is CC[C@@H](NC(=O)CN(c1cc(Cl)cc(Cl)c1)S(C)(=O)=O)c1ccc(C)cc1. The maximum Gasteiger partial charge on any atom is 0.241 e. The van der Waals surface area contributed by atoms with Crippen LogP contribution < -0.4 is 9.62 Å². The topological polar surface area (TPSA) is 66.5 Å². The molecule has 0 unspecified atom stereocenters. The Morgan fingerprint density at radius 2 is 1.67 bits per heavy atom. The summed E-state index contributed by atoms with van der Waals surface area (Å²) >= 11 is 11.9. The molecule has 0 aliphatic carbocycles. The Morgan fingerprint density at radius 1 is 1.11 bits per heavy atom. The highest BCUT2D eigenvalue weighted by Crippen LogP contribution is 2.27. The average Bonchev–Trinajstić information content (AvgIpc) is 2.56. The molecule has 0 fully saturated rings. The molecule has 0 saturated carbocycles. The van der Waals surface area contributed by atoms with Crippen molar-refractivity contribution in [1.29, 1.82) is 0 Å². The molecule has 27 heavy (non-hydrogen) atoms. The molecule has 0 spiro atoms. The van der Waals surface area contributed by atoms with Crippen molar-refractivity contribution in [2.24, 2.45) is 0 Å². The zero-order valence-electron chi connectivity index (χ0n) is 15.4. The zero-order chi connectivity index (χ0) is 20.2.